The zero-order chi connectivity index (χ0) is 25.8. The number of benzene rings is 4. The van der Waals surface area contributed by atoms with Crippen molar-refractivity contribution >= 4 is 23.3 Å². The molecule has 4 aromatic rings. The van der Waals surface area contributed by atoms with Gasteiger partial charge in [-0.05, 0) is 70.6 Å². The highest BCUT2D eigenvalue weighted by atomic mass is 16.5. The molecular formula is C30H24N2O5. The van der Waals surface area contributed by atoms with E-state index in [-0.39, 0.29) is 41.9 Å². The Balaban J connectivity index is 1.20. The summed E-state index contributed by atoms with van der Waals surface area (Å²) in [4.78, 5) is 23.5. The van der Waals surface area contributed by atoms with E-state index in [1.165, 1.54) is 52.6 Å². The summed E-state index contributed by atoms with van der Waals surface area (Å²) < 4.78 is 5.68. The summed E-state index contributed by atoms with van der Waals surface area (Å²) >= 11 is 0. The molecule has 184 valence electrons. The average Bonchev–Trinajstić information content (AvgIpc) is 3.24. The number of phenols is 1. The minimum atomic E-state index is -1.02. The lowest BCUT2D eigenvalue weighted by Gasteiger charge is -2.14. The Morgan fingerprint density at radius 3 is 2.11 bits per heavy atom. The minimum Gasteiger partial charge on any atom is -0.506 e. The highest BCUT2D eigenvalue weighted by Crippen LogP contribution is 2.44. The standard InChI is InChI=1S/C30H24N2O5/c33-28-15-9-19(17-27(28)32-31-21-13-11-20(12-14-21)30(35)36)10-16-29(34)37-18-26-24-7-3-1-5-22(24)23-6-2-4-8-25(23)26/h1-9,11-15,17,26,33H,10,16,18H2,(H,35,36). The molecule has 0 atom stereocenters. The number of carboxylic acid groups (broad SMARTS) is 1. The van der Waals surface area contributed by atoms with Gasteiger partial charge in [0.15, 0.2) is 0 Å². The van der Waals surface area contributed by atoms with Gasteiger partial charge in [0.1, 0.15) is 18.0 Å². The second-order valence-corrected chi connectivity index (χ2v) is 8.79. The first kappa shape index (κ1) is 23.9. The van der Waals surface area contributed by atoms with Crippen molar-refractivity contribution in [2.75, 3.05) is 6.61 Å². The number of phenolic OH excluding ortho intramolecular Hbond substituents is 1. The van der Waals surface area contributed by atoms with Crippen molar-refractivity contribution in [3.8, 4) is 16.9 Å². The van der Waals surface area contributed by atoms with Crippen molar-refractivity contribution in [3.63, 3.8) is 0 Å². The number of carbonyl (C=O) groups excluding carboxylic acids is 1. The Hall–Kier alpha value is -4.78. The maximum absolute atomic E-state index is 12.6. The topological polar surface area (TPSA) is 109 Å². The molecule has 4 aromatic carbocycles. The summed E-state index contributed by atoms with van der Waals surface area (Å²) in [7, 11) is 0. The molecule has 37 heavy (non-hydrogen) atoms. The zero-order valence-corrected chi connectivity index (χ0v) is 19.9. The molecule has 0 heterocycles. The van der Waals surface area contributed by atoms with Gasteiger partial charge in [0.2, 0.25) is 0 Å². The van der Waals surface area contributed by atoms with Crippen molar-refractivity contribution in [1.29, 1.82) is 0 Å². The summed E-state index contributed by atoms with van der Waals surface area (Å²) in [5.41, 5.74) is 6.37. The number of azo groups is 1. The third kappa shape index (κ3) is 5.26. The molecule has 7 nitrogen and oxygen atoms in total. The lowest BCUT2D eigenvalue weighted by Crippen LogP contribution is -2.13. The molecule has 5 rings (SSSR count). The monoisotopic (exact) mass is 492 g/mol. The van der Waals surface area contributed by atoms with E-state index in [4.69, 9.17) is 9.84 Å². The van der Waals surface area contributed by atoms with E-state index in [0.29, 0.717) is 12.1 Å². The number of aryl methyl sites for hydroxylation is 1. The summed E-state index contributed by atoms with van der Waals surface area (Å²) in [5.74, 6) is -1.35. The maximum Gasteiger partial charge on any atom is 0.335 e. The molecule has 0 aliphatic heterocycles. The molecule has 0 radical (unpaired) electrons. The number of aromatic hydroxyl groups is 1. The third-order valence-electron chi connectivity index (χ3n) is 6.42. The molecule has 0 fully saturated rings. The second kappa shape index (κ2) is 10.5. The van der Waals surface area contributed by atoms with Crippen LogP contribution < -0.4 is 0 Å². The number of hydrogen-bond donors (Lipinski definition) is 2. The summed E-state index contributed by atoms with van der Waals surface area (Å²) in [6.45, 7) is 0.280. The molecule has 0 amide bonds. The van der Waals surface area contributed by atoms with E-state index >= 15 is 0 Å². The number of rotatable bonds is 8. The number of esters is 1. The molecule has 2 N–H and O–H groups in total. The molecule has 0 bridgehead atoms. The Labute approximate surface area is 213 Å². The van der Waals surface area contributed by atoms with Crippen molar-refractivity contribution < 1.29 is 24.5 Å². The van der Waals surface area contributed by atoms with E-state index in [2.05, 4.69) is 34.5 Å². The van der Waals surface area contributed by atoms with Gasteiger partial charge in [-0.15, -0.1) is 5.11 Å². The van der Waals surface area contributed by atoms with Crippen LogP contribution in [0.1, 0.15) is 39.4 Å². The van der Waals surface area contributed by atoms with Crippen LogP contribution >= 0.6 is 0 Å². The van der Waals surface area contributed by atoms with Gasteiger partial charge in [0.05, 0.1) is 11.3 Å². The van der Waals surface area contributed by atoms with Crippen LogP contribution in [0.2, 0.25) is 0 Å². The summed E-state index contributed by atoms with van der Waals surface area (Å²) in [6, 6.07) is 27.2. The van der Waals surface area contributed by atoms with E-state index in [0.717, 1.165) is 5.56 Å². The molecule has 0 saturated heterocycles. The van der Waals surface area contributed by atoms with Gasteiger partial charge in [0, 0.05) is 12.3 Å². The molecule has 0 saturated carbocycles. The van der Waals surface area contributed by atoms with Gasteiger partial charge in [-0.2, -0.15) is 5.11 Å². The van der Waals surface area contributed by atoms with Crippen LogP contribution in [0.3, 0.4) is 0 Å². The molecule has 0 unspecified atom stereocenters. The lowest BCUT2D eigenvalue weighted by atomic mass is 9.98. The fourth-order valence-electron chi connectivity index (χ4n) is 4.52. The van der Waals surface area contributed by atoms with Crippen molar-refractivity contribution in [3.05, 3.63) is 113 Å². The van der Waals surface area contributed by atoms with Gasteiger partial charge in [-0.1, -0.05) is 54.6 Å². The fourth-order valence-corrected chi connectivity index (χ4v) is 4.52. The average molecular weight is 493 g/mol. The highest BCUT2D eigenvalue weighted by molar-refractivity contribution is 5.87. The van der Waals surface area contributed by atoms with E-state index in [1.807, 2.05) is 24.3 Å². The number of carbonyl (C=O) groups is 2. The van der Waals surface area contributed by atoms with E-state index in [9.17, 15) is 14.7 Å². The Morgan fingerprint density at radius 1 is 0.811 bits per heavy atom. The first-order valence-corrected chi connectivity index (χ1v) is 11.9. The van der Waals surface area contributed by atoms with Gasteiger partial charge >= 0.3 is 11.9 Å². The van der Waals surface area contributed by atoms with Crippen LogP contribution in [0.4, 0.5) is 11.4 Å². The van der Waals surface area contributed by atoms with Gasteiger partial charge in [0.25, 0.3) is 0 Å². The number of fused-ring (bicyclic) bond motifs is 3. The Morgan fingerprint density at radius 2 is 1.46 bits per heavy atom. The Bertz CT molecular complexity index is 1450. The first-order valence-electron chi connectivity index (χ1n) is 11.9. The van der Waals surface area contributed by atoms with Gasteiger partial charge in [-0.3, -0.25) is 4.79 Å². The number of hydrogen-bond acceptors (Lipinski definition) is 6. The first-order chi connectivity index (χ1) is 18.0. The van der Waals surface area contributed by atoms with Crippen LogP contribution in [0.25, 0.3) is 11.1 Å². The van der Waals surface area contributed by atoms with Gasteiger partial charge in [-0.25, -0.2) is 4.79 Å². The predicted octanol–water partition coefficient (Wildman–Crippen LogP) is 6.79. The minimum absolute atomic E-state index is 0.0154. The molecule has 1 aliphatic rings. The number of carboxylic acids is 1. The van der Waals surface area contributed by atoms with Crippen molar-refractivity contribution in [1.82, 2.24) is 0 Å². The quantitative estimate of drug-likeness (QED) is 0.208. The zero-order valence-electron chi connectivity index (χ0n) is 19.9. The smallest absolute Gasteiger partial charge is 0.335 e. The largest absolute Gasteiger partial charge is 0.506 e. The van der Waals surface area contributed by atoms with E-state index in [1.54, 1.807) is 12.1 Å². The van der Waals surface area contributed by atoms with Crippen LogP contribution in [0.5, 0.6) is 5.75 Å². The number of ether oxygens (including phenoxy) is 1. The Kier molecular flexibility index (Phi) is 6.76. The molecular weight excluding hydrogens is 468 g/mol. The van der Waals surface area contributed by atoms with Crippen LogP contribution in [0.15, 0.2) is 101 Å². The third-order valence-corrected chi connectivity index (χ3v) is 6.42. The van der Waals surface area contributed by atoms with E-state index < -0.39 is 5.97 Å². The summed E-state index contributed by atoms with van der Waals surface area (Å²) in [5, 5.41) is 27.3. The maximum atomic E-state index is 12.6. The van der Waals surface area contributed by atoms with Gasteiger partial charge < -0.3 is 14.9 Å². The SMILES string of the molecule is O=C(CCc1ccc(O)c(N=Nc2ccc(C(=O)O)cc2)c1)OCC1c2ccccc2-c2ccccc21. The lowest BCUT2D eigenvalue weighted by molar-refractivity contribution is -0.143. The van der Waals surface area contributed by atoms with Crippen molar-refractivity contribution in [2.24, 2.45) is 10.2 Å². The molecule has 1 aliphatic carbocycles. The molecule has 7 heteroatoms. The molecule has 0 spiro atoms. The number of aromatic carboxylic acids is 1. The van der Waals surface area contributed by atoms with Crippen molar-refractivity contribution in [2.45, 2.75) is 18.8 Å². The molecule has 0 aromatic heterocycles. The van der Waals surface area contributed by atoms with Crippen LogP contribution in [0, 0.1) is 0 Å². The normalized spacial score (nSPS) is 12.3. The van der Waals surface area contributed by atoms with Crippen LogP contribution in [-0.2, 0) is 16.0 Å². The summed E-state index contributed by atoms with van der Waals surface area (Å²) in [6.07, 6.45) is 0.612. The van der Waals surface area contributed by atoms with Crippen LogP contribution in [-0.4, -0.2) is 28.8 Å². The predicted molar refractivity (Wildman–Crippen MR) is 139 cm³/mol. The second-order valence-electron chi connectivity index (χ2n) is 8.79. The highest BCUT2D eigenvalue weighted by Gasteiger charge is 2.28. The fraction of sp³-hybridized carbons (Fsp3) is 0.133. The number of nitrogens with zero attached hydrogens (tertiary/aromatic N) is 2.